The highest BCUT2D eigenvalue weighted by Gasteiger charge is 2.26. The van der Waals surface area contributed by atoms with Crippen LogP contribution in [-0.2, 0) is 4.79 Å². The third kappa shape index (κ3) is 6.38. The molecule has 0 bridgehead atoms. The standard InChI is InChI=1S/C26H29ClN4O3/c1-2-33-22-9-11-23(12-10-22)34-17-15-28-26(32)20-4-3-16-31(18-20)25-14-13-24(29-30-25)19-5-7-21(27)8-6-19/h5-14,20H,2-4,15-18H2,1H3,(H,28,32). The molecule has 0 radical (unpaired) electrons. The highest BCUT2D eigenvalue weighted by molar-refractivity contribution is 6.30. The predicted molar refractivity (Wildman–Crippen MR) is 134 cm³/mol. The van der Waals surface area contributed by atoms with Crippen LogP contribution in [0.3, 0.4) is 0 Å². The molecule has 0 spiro atoms. The van der Waals surface area contributed by atoms with Crippen molar-refractivity contribution in [3.05, 3.63) is 65.7 Å². The van der Waals surface area contributed by atoms with Gasteiger partial charge in [-0.15, -0.1) is 10.2 Å². The molecule has 1 aliphatic heterocycles. The average molecular weight is 481 g/mol. The molecule has 1 unspecified atom stereocenters. The van der Waals surface area contributed by atoms with Gasteiger partial charge in [-0.3, -0.25) is 4.79 Å². The van der Waals surface area contributed by atoms with E-state index in [9.17, 15) is 4.79 Å². The summed E-state index contributed by atoms with van der Waals surface area (Å²) in [7, 11) is 0. The molecule has 1 fully saturated rings. The van der Waals surface area contributed by atoms with E-state index in [4.69, 9.17) is 21.1 Å². The van der Waals surface area contributed by atoms with E-state index in [0.717, 1.165) is 48.0 Å². The Hall–Kier alpha value is -3.32. The molecule has 8 heteroatoms. The molecule has 1 atom stereocenters. The molecule has 2 heterocycles. The second-order valence-corrected chi connectivity index (χ2v) is 8.55. The predicted octanol–water partition coefficient (Wildman–Crippen LogP) is 4.61. The Balaban J connectivity index is 1.24. The number of carbonyl (C=O) groups excluding carboxylic acids is 1. The van der Waals surface area contributed by atoms with E-state index >= 15 is 0 Å². The molecule has 7 nitrogen and oxygen atoms in total. The molecule has 178 valence electrons. The number of hydrogen-bond donors (Lipinski definition) is 1. The number of nitrogens with zero attached hydrogens (tertiary/aromatic N) is 3. The lowest BCUT2D eigenvalue weighted by molar-refractivity contribution is -0.125. The molecule has 4 rings (SSSR count). The van der Waals surface area contributed by atoms with Crippen molar-refractivity contribution < 1.29 is 14.3 Å². The number of ether oxygens (including phenoxy) is 2. The van der Waals surface area contributed by atoms with Crippen molar-refractivity contribution in [2.24, 2.45) is 5.92 Å². The van der Waals surface area contributed by atoms with Crippen LogP contribution in [0, 0.1) is 5.92 Å². The number of rotatable bonds is 9. The normalized spacial score (nSPS) is 15.6. The summed E-state index contributed by atoms with van der Waals surface area (Å²) < 4.78 is 11.1. The zero-order valence-electron chi connectivity index (χ0n) is 19.2. The quantitative estimate of drug-likeness (QED) is 0.451. The molecule has 1 aromatic heterocycles. The van der Waals surface area contributed by atoms with Gasteiger partial charge in [0.25, 0.3) is 0 Å². The van der Waals surface area contributed by atoms with Gasteiger partial charge in [0.1, 0.15) is 18.1 Å². The Morgan fingerprint density at radius 3 is 2.44 bits per heavy atom. The first-order chi connectivity index (χ1) is 16.6. The Labute approximate surface area is 205 Å². The first-order valence-corrected chi connectivity index (χ1v) is 12.0. The van der Waals surface area contributed by atoms with Gasteiger partial charge in [-0.05, 0) is 68.3 Å². The first kappa shape index (κ1) is 23.8. The molecule has 1 aliphatic rings. The van der Waals surface area contributed by atoms with Gasteiger partial charge in [-0.1, -0.05) is 23.7 Å². The second-order valence-electron chi connectivity index (χ2n) is 8.11. The Morgan fingerprint density at radius 2 is 1.76 bits per heavy atom. The molecule has 2 aromatic carbocycles. The molecule has 0 aliphatic carbocycles. The van der Waals surface area contributed by atoms with Crippen molar-refractivity contribution in [3.63, 3.8) is 0 Å². The van der Waals surface area contributed by atoms with Crippen LogP contribution in [0.2, 0.25) is 5.02 Å². The van der Waals surface area contributed by atoms with Gasteiger partial charge >= 0.3 is 0 Å². The fraction of sp³-hybridized carbons (Fsp3) is 0.346. The molecular formula is C26H29ClN4O3. The topological polar surface area (TPSA) is 76.6 Å². The molecule has 3 aromatic rings. The fourth-order valence-electron chi connectivity index (χ4n) is 3.95. The monoisotopic (exact) mass is 480 g/mol. The molecule has 1 N–H and O–H groups in total. The molecule has 1 amide bonds. The maximum absolute atomic E-state index is 12.7. The lowest BCUT2D eigenvalue weighted by Gasteiger charge is -2.32. The third-order valence-corrected chi connectivity index (χ3v) is 5.96. The van der Waals surface area contributed by atoms with Gasteiger partial charge in [0, 0.05) is 23.7 Å². The zero-order valence-corrected chi connectivity index (χ0v) is 20.0. The van der Waals surface area contributed by atoms with Crippen LogP contribution < -0.4 is 19.7 Å². The Kier molecular flexibility index (Phi) is 8.20. The second kappa shape index (κ2) is 11.7. The minimum absolute atomic E-state index is 0.0470. The van der Waals surface area contributed by atoms with Crippen molar-refractivity contribution in [3.8, 4) is 22.8 Å². The minimum atomic E-state index is -0.0861. The number of benzene rings is 2. The van der Waals surface area contributed by atoms with Crippen LogP contribution in [0.25, 0.3) is 11.3 Å². The maximum Gasteiger partial charge on any atom is 0.225 e. The zero-order chi connectivity index (χ0) is 23.8. The van der Waals surface area contributed by atoms with E-state index in [1.54, 1.807) is 0 Å². The number of halogens is 1. The van der Waals surface area contributed by atoms with E-state index in [-0.39, 0.29) is 11.8 Å². The van der Waals surface area contributed by atoms with Gasteiger partial charge in [-0.2, -0.15) is 0 Å². The fourth-order valence-corrected chi connectivity index (χ4v) is 4.08. The van der Waals surface area contributed by atoms with E-state index in [2.05, 4.69) is 20.4 Å². The summed E-state index contributed by atoms with van der Waals surface area (Å²) in [6, 6.07) is 18.9. The minimum Gasteiger partial charge on any atom is -0.494 e. The van der Waals surface area contributed by atoms with Crippen molar-refractivity contribution >= 4 is 23.3 Å². The van der Waals surface area contributed by atoms with Crippen molar-refractivity contribution in [1.29, 1.82) is 0 Å². The van der Waals surface area contributed by atoms with E-state index in [1.165, 1.54) is 0 Å². The van der Waals surface area contributed by atoms with Gasteiger partial charge in [-0.25, -0.2) is 0 Å². The molecular weight excluding hydrogens is 452 g/mol. The lowest BCUT2D eigenvalue weighted by atomic mass is 9.97. The van der Waals surface area contributed by atoms with Gasteiger partial charge < -0.3 is 19.7 Å². The van der Waals surface area contributed by atoms with Crippen LogP contribution in [0.15, 0.2) is 60.7 Å². The highest BCUT2D eigenvalue weighted by Crippen LogP contribution is 2.24. The molecule has 34 heavy (non-hydrogen) atoms. The van der Waals surface area contributed by atoms with Gasteiger partial charge in [0.2, 0.25) is 5.91 Å². The molecule has 0 saturated carbocycles. The smallest absolute Gasteiger partial charge is 0.225 e. The molecule has 1 saturated heterocycles. The summed E-state index contributed by atoms with van der Waals surface area (Å²) in [4.78, 5) is 14.8. The number of amides is 1. The number of aromatic nitrogens is 2. The first-order valence-electron chi connectivity index (χ1n) is 11.6. The summed E-state index contributed by atoms with van der Waals surface area (Å²) in [5.41, 5.74) is 1.76. The van der Waals surface area contributed by atoms with Crippen LogP contribution in [0.1, 0.15) is 19.8 Å². The third-order valence-electron chi connectivity index (χ3n) is 5.71. The number of hydrogen-bond acceptors (Lipinski definition) is 6. The Morgan fingerprint density at radius 1 is 1.03 bits per heavy atom. The highest BCUT2D eigenvalue weighted by atomic mass is 35.5. The Bertz CT molecular complexity index is 1060. The summed E-state index contributed by atoms with van der Waals surface area (Å²) in [6.07, 6.45) is 1.79. The van der Waals surface area contributed by atoms with Crippen molar-refractivity contribution in [2.75, 3.05) is 37.7 Å². The SMILES string of the molecule is CCOc1ccc(OCCNC(=O)C2CCCN(c3ccc(-c4ccc(Cl)cc4)nn3)C2)cc1. The van der Waals surface area contributed by atoms with E-state index < -0.39 is 0 Å². The van der Waals surface area contributed by atoms with E-state index in [0.29, 0.717) is 31.3 Å². The van der Waals surface area contributed by atoms with Crippen molar-refractivity contribution in [1.82, 2.24) is 15.5 Å². The number of carbonyl (C=O) groups is 1. The van der Waals surface area contributed by atoms with Crippen LogP contribution in [0.5, 0.6) is 11.5 Å². The lowest BCUT2D eigenvalue weighted by Crippen LogP contribution is -2.44. The van der Waals surface area contributed by atoms with Crippen LogP contribution in [0.4, 0.5) is 5.82 Å². The number of piperidine rings is 1. The summed E-state index contributed by atoms with van der Waals surface area (Å²) >= 11 is 5.96. The van der Waals surface area contributed by atoms with Crippen molar-refractivity contribution in [2.45, 2.75) is 19.8 Å². The largest absolute Gasteiger partial charge is 0.494 e. The maximum atomic E-state index is 12.7. The average Bonchev–Trinajstić information content (AvgIpc) is 2.88. The van der Waals surface area contributed by atoms with Crippen LogP contribution in [-0.4, -0.2) is 49.0 Å². The van der Waals surface area contributed by atoms with Crippen LogP contribution >= 0.6 is 11.6 Å². The summed E-state index contributed by atoms with van der Waals surface area (Å²) in [6.45, 7) is 4.93. The van der Waals surface area contributed by atoms with Gasteiger partial charge in [0.05, 0.1) is 24.8 Å². The summed E-state index contributed by atoms with van der Waals surface area (Å²) in [5, 5.41) is 12.5. The summed E-state index contributed by atoms with van der Waals surface area (Å²) in [5.74, 6) is 2.31. The van der Waals surface area contributed by atoms with Gasteiger partial charge in [0.15, 0.2) is 5.82 Å². The van der Waals surface area contributed by atoms with E-state index in [1.807, 2.05) is 67.6 Å². The number of nitrogens with one attached hydrogen (secondary N) is 1. The number of anilines is 1.